The van der Waals surface area contributed by atoms with Gasteiger partial charge in [0.15, 0.2) is 0 Å². The number of unbranched alkanes of at least 4 members (excludes halogenated alkanes) is 2. The number of benzene rings is 2. The Kier molecular flexibility index (Phi) is 7.17. The van der Waals surface area contributed by atoms with Crippen LogP contribution in [0.25, 0.3) is 11.3 Å². The van der Waals surface area contributed by atoms with Gasteiger partial charge in [-0.2, -0.15) is 5.10 Å². The van der Waals surface area contributed by atoms with Crippen LogP contribution in [-0.4, -0.2) is 36.5 Å². The summed E-state index contributed by atoms with van der Waals surface area (Å²) in [5.41, 5.74) is 3.70. The Bertz CT molecular complexity index is 1000. The molecule has 0 atom stereocenters. The minimum Gasteiger partial charge on any atom is -0.282 e. The van der Waals surface area contributed by atoms with Gasteiger partial charge in [0, 0.05) is 24.8 Å². The summed E-state index contributed by atoms with van der Waals surface area (Å²) in [5, 5.41) is 7.43. The highest BCUT2D eigenvalue weighted by molar-refractivity contribution is 7.88. The molecular weight excluding hydrogens is 389 g/mol. The van der Waals surface area contributed by atoms with Crippen LogP contribution in [0.4, 0.5) is 4.39 Å². The van der Waals surface area contributed by atoms with Crippen molar-refractivity contribution in [2.45, 2.75) is 31.4 Å². The van der Waals surface area contributed by atoms with E-state index >= 15 is 0 Å². The fraction of sp³-hybridized carbons (Fsp3) is 0.318. The molecule has 3 rings (SSSR count). The van der Waals surface area contributed by atoms with Gasteiger partial charge in [-0.3, -0.25) is 5.10 Å². The van der Waals surface area contributed by atoms with Crippen LogP contribution in [0, 0.1) is 5.82 Å². The molecule has 0 aliphatic carbocycles. The highest BCUT2D eigenvalue weighted by atomic mass is 32.2. The molecule has 7 heteroatoms. The summed E-state index contributed by atoms with van der Waals surface area (Å²) in [5.74, 6) is -0.479. The zero-order valence-electron chi connectivity index (χ0n) is 16.5. The molecule has 2 aromatic carbocycles. The van der Waals surface area contributed by atoms with Crippen LogP contribution in [0.15, 0.2) is 60.7 Å². The average molecular weight is 416 g/mol. The zero-order chi connectivity index (χ0) is 20.7. The minimum atomic E-state index is -3.40. The van der Waals surface area contributed by atoms with E-state index in [0.717, 1.165) is 42.6 Å². The van der Waals surface area contributed by atoms with E-state index in [2.05, 4.69) is 16.3 Å². The van der Waals surface area contributed by atoms with Crippen LogP contribution >= 0.6 is 0 Å². The molecule has 1 aromatic heterocycles. The maximum atomic E-state index is 13.0. The monoisotopic (exact) mass is 415 g/mol. The van der Waals surface area contributed by atoms with E-state index in [4.69, 9.17) is 0 Å². The quantitative estimate of drug-likeness (QED) is 0.500. The molecule has 0 amide bonds. The lowest BCUT2D eigenvalue weighted by Gasteiger charge is -2.17. The van der Waals surface area contributed by atoms with Crippen molar-refractivity contribution in [1.29, 1.82) is 0 Å². The summed E-state index contributed by atoms with van der Waals surface area (Å²) in [7, 11) is -1.80. The van der Waals surface area contributed by atoms with Crippen molar-refractivity contribution in [1.82, 2.24) is 14.5 Å². The number of hydrogen-bond acceptors (Lipinski definition) is 3. The van der Waals surface area contributed by atoms with Crippen molar-refractivity contribution in [2.75, 3.05) is 13.6 Å². The standard InChI is InChI=1S/C22H26FN3O2S/c1-26(29(27,28)17-18-11-13-20(23)14-12-18)15-7-3-6-10-21-16-22(25-24-21)19-8-4-2-5-9-19/h2,4-5,8-9,11-14,16H,3,6-7,10,15,17H2,1H3,(H,24,25). The Labute approximate surface area is 171 Å². The van der Waals surface area contributed by atoms with Crippen molar-refractivity contribution in [3.63, 3.8) is 0 Å². The Morgan fingerprint density at radius 3 is 2.45 bits per heavy atom. The largest absolute Gasteiger partial charge is 0.282 e. The van der Waals surface area contributed by atoms with Crippen molar-refractivity contribution >= 4 is 10.0 Å². The molecule has 1 N–H and O–H groups in total. The fourth-order valence-electron chi connectivity index (χ4n) is 3.11. The lowest BCUT2D eigenvalue weighted by Crippen LogP contribution is -2.29. The third-order valence-corrected chi connectivity index (χ3v) is 6.69. The van der Waals surface area contributed by atoms with E-state index in [9.17, 15) is 12.8 Å². The summed E-state index contributed by atoms with van der Waals surface area (Å²) in [6.45, 7) is 0.474. The number of halogens is 1. The highest BCUT2D eigenvalue weighted by Gasteiger charge is 2.18. The normalized spacial score (nSPS) is 11.8. The smallest absolute Gasteiger partial charge is 0.218 e. The van der Waals surface area contributed by atoms with E-state index in [0.29, 0.717) is 12.1 Å². The lowest BCUT2D eigenvalue weighted by molar-refractivity contribution is 0.451. The number of nitrogens with one attached hydrogen (secondary N) is 1. The molecule has 0 saturated carbocycles. The van der Waals surface area contributed by atoms with Crippen molar-refractivity contribution in [3.05, 3.63) is 77.7 Å². The molecule has 0 aliphatic heterocycles. The molecule has 1 heterocycles. The lowest BCUT2D eigenvalue weighted by atomic mass is 10.1. The van der Waals surface area contributed by atoms with Gasteiger partial charge in [0.1, 0.15) is 5.82 Å². The number of aromatic nitrogens is 2. The molecule has 0 spiro atoms. The molecule has 3 aromatic rings. The zero-order valence-corrected chi connectivity index (χ0v) is 17.3. The second kappa shape index (κ2) is 9.80. The molecule has 0 radical (unpaired) electrons. The van der Waals surface area contributed by atoms with Gasteiger partial charge in [-0.1, -0.05) is 48.9 Å². The van der Waals surface area contributed by atoms with Gasteiger partial charge >= 0.3 is 0 Å². The summed E-state index contributed by atoms with van der Waals surface area (Å²) in [4.78, 5) is 0. The maximum Gasteiger partial charge on any atom is 0.218 e. The molecule has 29 heavy (non-hydrogen) atoms. The van der Waals surface area contributed by atoms with Crippen molar-refractivity contribution in [3.8, 4) is 11.3 Å². The van der Waals surface area contributed by atoms with Crippen LogP contribution < -0.4 is 0 Å². The van der Waals surface area contributed by atoms with Crippen LogP contribution in [-0.2, 0) is 22.2 Å². The number of H-pyrrole nitrogens is 1. The number of aryl methyl sites for hydroxylation is 1. The van der Waals surface area contributed by atoms with E-state index in [-0.39, 0.29) is 11.6 Å². The minimum absolute atomic E-state index is 0.111. The summed E-state index contributed by atoms with van der Waals surface area (Å²) >= 11 is 0. The Morgan fingerprint density at radius 2 is 1.72 bits per heavy atom. The van der Waals surface area contributed by atoms with Gasteiger partial charge in [0.25, 0.3) is 0 Å². The van der Waals surface area contributed by atoms with Crippen LogP contribution in [0.1, 0.15) is 30.5 Å². The summed E-state index contributed by atoms with van der Waals surface area (Å²) in [6.07, 6.45) is 3.56. The SMILES string of the molecule is CN(CCCCCc1cc(-c2ccccc2)n[nH]1)S(=O)(=O)Cc1ccc(F)cc1. The van der Waals surface area contributed by atoms with E-state index in [1.54, 1.807) is 7.05 Å². The third kappa shape index (κ3) is 6.24. The van der Waals surface area contributed by atoms with E-state index < -0.39 is 10.0 Å². The number of aromatic amines is 1. The van der Waals surface area contributed by atoms with Crippen LogP contribution in [0.2, 0.25) is 0 Å². The average Bonchev–Trinajstić information content (AvgIpc) is 3.19. The predicted octanol–water partition coefficient (Wildman–Crippen LogP) is 4.39. The van der Waals surface area contributed by atoms with Gasteiger partial charge in [0.2, 0.25) is 10.0 Å². The van der Waals surface area contributed by atoms with Crippen LogP contribution in [0.3, 0.4) is 0 Å². The van der Waals surface area contributed by atoms with Crippen molar-refractivity contribution < 1.29 is 12.8 Å². The number of hydrogen-bond donors (Lipinski definition) is 1. The maximum absolute atomic E-state index is 13.0. The molecule has 0 unspecified atom stereocenters. The van der Waals surface area contributed by atoms with Gasteiger partial charge in [-0.25, -0.2) is 17.1 Å². The Balaban J connectivity index is 1.40. The second-order valence-corrected chi connectivity index (χ2v) is 9.24. The Hall–Kier alpha value is -2.51. The number of nitrogens with zero attached hydrogens (tertiary/aromatic N) is 2. The summed E-state index contributed by atoms with van der Waals surface area (Å²) in [6, 6.07) is 17.7. The first-order chi connectivity index (χ1) is 13.9. The predicted molar refractivity (Wildman–Crippen MR) is 113 cm³/mol. The third-order valence-electron chi connectivity index (χ3n) is 4.86. The van der Waals surface area contributed by atoms with Gasteiger partial charge in [-0.05, 0) is 43.0 Å². The number of rotatable bonds is 10. The molecule has 154 valence electrons. The summed E-state index contributed by atoms with van der Waals surface area (Å²) < 4.78 is 39.2. The molecule has 0 saturated heterocycles. The molecule has 0 bridgehead atoms. The first-order valence-corrected chi connectivity index (χ1v) is 11.3. The van der Waals surface area contributed by atoms with Gasteiger partial charge in [0.05, 0.1) is 11.4 Å². The second-order valence-electron chi connectivity index (χ2n) is 7.16. The molecule has 0 fully saturated rings. The molecular formula is C22H26FN3O2S. The first kappa shape index (κ1) is 21.2. The van der Waals surface area contributed by atoms with Crippen molar-refractivity contribution in [2.24, 2.45) is 0 Å². The molecule has 0 aliphatic rings. The fourth-order valence-corrected chi connectivity index (χ4v) is 4.36. The van der Waals surface area contributed by atoms with Gasteiger partial charge < -0.3 is 0 Å². The topological polar surface area (TPSA) is 66.1 Å². The number of sulfonamides is 1. The van der Waals surface area contributed by atoms with E-state index in [1.165, 1.54) is 28.6 Å². The van der Waals surface area contributed by atoms with Gasteiger partial charge in [-0.15, -0.1) is 0 Å². The van der Waals surface area contributed by atoms with Crippen LogP contribution in [0.5, 0.6) is 0 Å². The Morgan fingerprint density at radius 1 is 1.00 bits per heavy atom. The highest BCUT2D eigenvalue weighted by Crippen LogP contribution is 2.18. The molecule has 5 nitrogen and oxygen atoms in total. The van der Waals surface area contributed by atoms with E-state index in [1.807, 2.05) is 30.3 Å². The first-order valence-electron chi connectivity index (χ1n) is 9.72.